The average Bonchev–Trinajstić information content (AvgIpc) is 2.73. The molecule has 162 valence electrons. The molecule has 3 rings (SSSR count). The molecule has 0 unspecified atom stereocenters. The lowest BCUT2D eigenvalue weighted by atomic mass is 9.91. The molecule has 4 N–H and O–H groups in total. The molecule has 2 aromatic rings. The number of aliphatic hydroxyl groups excluding tert-OH is 4. The minimum absolute atomic E-state index is 0.0952. The van der Waals surface area contributed by atoms with E-state index in [9.17, 15) is 25.2 Å². The number of ether oxygens (including phenoxy) is 2. The molecule has 0 aromatic heterocycles. The lowest BCUT2D eigenvalue weighted by Crippen LogP contribution is -2.55. The van der Waals surface area contributed by atoms with Crippen LogP contribution in [0.25, 0.3) is 0 Å². The van der Waals surface area contributed by atoms with Crippen molar-refractivity contribution in [2.24, 2.45) is 0 Å². The van der Waals surface area contributed by atoms with Crippen molar-refractivity contribution in [1.82, 2.24) is 0 Å². The van der Waals surface area contributed by atoms with Gasteiger partial charge in [0.2, 0.25) is 0 Å². The summed E-state index contributed by atoms with van der Waals surface area (Å²) in [5.74, 6) is -0.182. The molecule has 1 aliphatic rings. The van der Waals surface area contributed by atoms with Crippen molar-refractivity contribution in [2.45, 2.75) is 36.9 Å². The predicted molar refractivity (Wildman–Crippen MR) is 109 cm³/mol. The fraction of sp³-hybridized carbons (Fsp3) is 0.409. The van der Waals surface area contributed by atoms with Gasteiger partial charge >= 0.3 is 5.97 Å². The lowest BCUT2D eigenvalue weighted by Gasteiger charge is -2.40. The van der Waals surface area contributed by atoms with E-state index >= 15 is 0 Å². The summed E-state index contributed by atoms with van der Waals surface area (Å²) >= 11 is 0. The molecule has 2 aromatic carbocycles. The molecular formula is C22H27NO7. The molecule has 0 amide bonds. The molecule has 0 radical (unpaired) electrons. The van der Waals surface area contributed by atoms with Gasteiger partial charge in [-0.15, -0.1) is 0 Å². The van der Waals surface area contributed by atoms with Crippen LogP contribution in [0.1, 0.15) is 17.2 Å². The van der Waals surface area contributed by atoms with Gasteiger partial charge in [-0.3, -0.25) is 4.79 Å². The summed E-state index contributed by atoms with van der Waals surface area (Å²) in [4.78, 5) is 14.3. The highest BCUT2D eigenvalue weighted by molar-refractivity contribution is 5.75. The van der Waals surface area contributed by atoms with Crippen LogP contribution in [0.5, 0.6) is 5.75 Å². The van der Waals surface area contributed by atoms with Gasteiger partial charge in [0.1, 0.15) is 36.3 Å². The number of benzene rings is 2. The van der Waals surface area contributed by atoms with Crippen LogP contribution in [0.4, 0.5) is 5.69 Å². The largest absolute Gasteiger partial charge is 0.426 e. The molecule has 1 heterocycles. The van der Waals surface area contributed by atoms with Crippen LogP contribution in [-0.4, -0.2) is 71.5 Å². The van der Waals surface area contributed by atoms with E-state index in [4.69, 9.17) is 9.47 Å². The van der Waals surface area contributed by atoms with E-state index in [1.807, 2.05) is 43.3 Å². The first-order chi connectivity index (χ1) is 14.3. The Kier molecular flexibility index (Phi) is 7.06. The van der Waals surface area contributed by atoms with Crippen LogP contribution in [0.3, 0.4) is 0 Å². The Morgan fingerprint density at radius 2 is 1.73 bits per heavy atom. The van der Waals surface area contributed by atoms with Crippen LogP contribution < -0.4 is 9.64 Å². The second kappa shape index (κ2) is 9.55. The first-order valence-corrected chi connectivity index (χ1v) is 9.67. The quantitative estimate of drug-likeness (QED) is 0.394. The number of nitrogens with zero attached hydrogens (tertiary/aromatic N) is 1. The summed E-state index contributed by atoms with van der Waals surface area (Å²) in [6, 6.07) is 14.0. The topological polar surface area (TPSA) is 120 Å². The zero-order valence-electron chi connectivity index (χ0n) is 16.9. The van der Waals surface area contributed by atoms with Crippen LogP contribution in [0.15, 0.2) is 48.5 Å². The number of hydrogen-bond acceptors (Lipinski definition) is 8. The number of hydrogen-bond donors (Lipinski definition) is 4. The first-order valence-electron chi connectivity index (χ1n) is 9.67. The van der Waals surface area contributed by atoms with Crippen molar-refractivity contribution in [1.29, 1.82) is 0 Å². The van der Waals surface area contributed by atoms with E-state index in [0.717, 1.165) is 11.3 Å². The summed E-state index contributed by atoms with van der Waals surface area (Å²) < 4.78 is 11.0. The van der Waals surface area contributed by atoms with Crippen LogP contribution >= 0.6 is 0 Å². The van der Waals surface area contributed by atoms with Crippen molar-refractivity contribution in [2.75, 3.05) is 25.6 Å². The molecule has 8 nitrogen and oxygen atoms in total. The van der Waals surface area contributed by atoms with Gasteiger partial charge in [0.15, 0.2) is 0 Å². The highest BCUT2D eigenvalue weighted by atomic mass is 16.5. The SMILES string of the molecule is CN(C)c1ccc(CC(=O)Oc2cccc([C@H]3O[C@H](CO)[C@@H](O)[C@H](O)[C@@H]3O)c2)cc1. The minimum Gasteiger partial charge on any atom is -0.426 e. The fourth-order valence-corrected chi connectivity index (χ4v) is 3.38. The van der Waals surface area contributed by atoms with Gasteiger partial charge in [-0.2, -0.15) is 0 Å². The van der Waals surface area contributed by atoms with Gasteiger partial charge in [0.25, 0.3) is 0 Å². The molecule has 1 fully saturated rings. The van der Waals surface area contributed by atoms with Crippen molar-refractivity contribution < 1.29 is 34.7 Å². The van der Waals surface area contributed by atoms with Gasteiger partial charge < -0.3 is 34.8 Å². The Morgan fingerprint density at radius 1 is 1.03 bits per heavy atom. The van der Waals surface area contributed by atoms with Crippen molar-refractivity contribution in [3.05, 3.63) is 59.7 Å². The number of rotatable bonds is 6. The average molecular weight is 417 g/mol. The van der Waals surface area contributed by atoms with Gasteiger partial charge in [-0.25, -0.2) is 0 Å². The normalized spacial score (nSPS) is 26.3. The molecule has 8 heteroatoms. The Hall–Kier alpha value is -2.49. The summed E-state index contributed by atoms with van der Waals surface area (Å²) in [6.07, 6.45) is -6.21. The minimum atomic E-state index is -1.47. The zero-order valence-corrected chi connectivity index (χ0v) is 16.9. The number of anilines is 1. The molecule has 0 saturated carbocycles. The van der Waals surface area contributed by atoms with Crippen molar-refractivity contribution in [3.63, 3.8) is 0 Å². The first kappa shape index (κ1) is 22.2. The van der Waals surface area contributed by atoms with Gasteiger partial charge in [0, 0.05) is 19.8 Å². The number of carbonyl (C=O) groups is 1. The van der Waals surface area contributed by atoms with E-state index in [1.165, 1.54) is 6.07 Å². The second-order valence-electron chi connectivity index (χ2n) is 7.53. The highest BCUT2D eigenvalue weighted by Crippen LogP contribution is 2.33. The van der Waals surface area contributed by atoms with Crippen molar-refractivity contribution in [3.8, 4) is 5.75 Å². The molecule has 30 heavy (non-hydrogen) atoms. The third-order valence-electron chi connectivity index (χ3n) is 5.11. The summed E-state index contributed by atoms with van der Waals surface area (Å²) in [6.45, 7) is -0.511. The number of carbonyl (C=O) groups excluding carboxylic acids is 1. The van der Waals surface area contributed by atoms with Crippen LogP contribution in [-0.2, 0) is 16.0 Å². The van der Waals surface area contributed by atoms with Gasteiger partial charge in [-0.1, -0.05) is 24.3 Å². The Labute approximate surface area is 174 Å². The van der Waals surface area contributed by atoms with Crippen LogP contribution in [0, 0.1) is 0 Å². The molecule has 1 saturated heterocycles. The van der Waals surface area contributed by atoms with Gasteiger partial charge in [-0.05, 0) is 35.4 Å². The summed E-state index contributed by atoms with van der Waals surface area (Å²) in [5, 5.41) is 39.5. The Morgan fingerprint density at radius 3 is 2.37 bits per heavy atom. The monoisotopic (exact) mass is 417 g/mol. The Balaban J connectivity index is 1.68. The smallest absolute Gasteiger partial charge is 0.315 e. The maximum Gasteiger partial charge on any atom is 0.315 e. The summed E-state index contributed by atoms with van der Waals surface area (Å²) in [7, 11) is 3.87. The molecule has 1 aliphatic heterocycles. The fourth-order valence-electron chi connectivity index (χ4n) is 3.38. The maximum absolute atomic E-state index is 12.3. The van der Waals surface area contributed by atoms with E-state index in [1.54, 1.807) is 18.2 Å². The number of esters is 1. The Bertz CT molecular complexity index is 853. The maximum atomic E-state index is 12.3. The molecule has 0 spiro atoms. The molecule has 0 aliphatic carbocycles. The zero-order chi connectivity index (χ0) is 21.8. The lowest BCUT2D eigenvalue weighted by molar-refractivity contribution is -0.231. The second-order valence-corrected chi connectivity index (χ2v) is 7.53. The molecule has 5 atom stereocenters. The van der Waals surface area contributed by atoms with Gasteiger partial charge in [0.05, 0.1) is 13.0 Å². The van der Waals surface area contributed by atoms with E-state index in [-0.39, 0.29) is 12.2 Å². The van der Waals surface area contributed by atoms with Crippen LogP contribution in [0.2, 0.25) is 0 Å². The molecular weight excluding hydrogens is 390 g/mol. The van der Waals surface area contributed by atoms with E-state index in [0.29, 0.717) is 5.56 Å². The van der Waals surface area contributed by atoms with E-state index < -0.39 is 43.1 Å². The predicted octanol–water partition coefficient (Wildman–Crippen LogP) is 0.416. The third-order valence-corrected chi connectivity index (χ3v) is 5.11. The standard InChI is InChI=1S/C22H27NO7/c1-23(2)15-8-6-13(7-9-15)10-18(25)29-16-5-3-4-14(11-16)22-21(28)20(27)19(26)17(12-24)30-22/h3-9,11,17,19-22,24,26-28H,10,12H2,1-2H3/t17-,19-,20+,21+,22-/m1/s1. The highest BCUT2D eigenvalue weighted by Gasteiger charge is 2.44. The summed E-state index contributed by atoms with van der Waals surface area (Å²) in [5.41, 5.74) is 2.29. The molecule has 0 bridgehead atoms. The van der Waals surface area contributed by atoms with E-state index in [2.05, 4.69) is 0 Å². The third kappa shape index (κ3) is 4.97. The van der Waals surface area contributed by atoms with Crippen molar-refractivity contribution >= 4 is 11.7 Å². The number of aliphatic hydroxyl groups is 4.